The van der Waals surface area contributed by atoms with Gasteiger partial charge in [-0.1, -0.05) is 23.2 Å². The summed E-state index contributed by atoms with van der Waals surface area (Å²) < 4.78 is 25.4. The molecule has 2 aromatic rings. The van der Waals surface area contributed by atoms with Gasteiger partial charge in [-0.3, -0.25) is 0 Å². The molecule has 0 saturated carbocycles. The fourth-order valence-corrected chi connectivity index (χ4v) is 1.94. The molecule has 86 valence electrons. The summed E-state index contributed by atoms with van der Waals surface area (Å²) in [5, 5.41) is 9.58. The van der Waals surface area contributed by atoms with E-state index in [2.05, 4.69) is 4.98 Å². The quantitative estimate of drug-likeness (QED) is 0.774. The molecular formula is C11H4Cl2F2N2. The van der Waals surface area contributed by atoms with Crippen LogP contribution >= 0.6 is 23.2 Å². The number of hydrogen-bond acceptors (Lipinski definition) is 2. The lowest BCUT2D eigenvalue weighted by atomic mass is 10.1. The molecule has 0 bridgehead atoms. The van der Waals surface area contributed by atoms with Gasteiger partial charge in [0.1, 0.15) is 11.8 Å². The van der Waals surface area contributed by atoms with Crippen LogP contribution in [0.3, 0.4) is 0 Å². The van der Waals surface area contributed by atoms with Gasteiger partial charge in [-0.25, -0.2) is 13.8 Å². The number of rotatable bonds is 1. The molecule has 0 fully saturated rings. The Morgan fingerprint density at radius 2 is 2.00 bits per heavy atom. The molecule has 0 N–H and O–H groups in total. The first-order valence-corrected chi connectivity index (χ1v) is 5.27. The standard InChI is InChI=1S/C11H4Cl2F2N2/c12-5-1-2-8-6(3-5)9(13)7(4-16)10(17-8)11(14)15/h1-3,11H. The minimum atomic E-state index is -2.85. The van der Waals surface area contributed by atoms with Crippen molar-refractivity contribution in [3.63, 3.8) is 0 Å². The van der Waals surface area contributed by atoms with Gasteiger partial charge in [-0.15, -0.1) is 0 Å². The summed E-state index contributed by atoms with van der Waals surface area (Å²) in [6, 6.07) is 6.13. The highest BCUT2D eigenvalue weighted by molar-refractivity contribution is 6.37. The lowest BCUT2D eigenvalue weighted by molar-refractivity contribution is 0.146. The molecule has 0 saturated heterocycles. The topological polar surface area (TPSA) is 36.7 Å². The van der Waals surface area contributed by atoms with Crippen LogP contribution in [0.4, 0.5) is 8.78 Å². The van der Waals surface area contributed by atoms with Gasteiger partial charge in [-0.2, -0.15) is 5.26 Å². The van der Waals surface area contributed by atoms with E-state index >= 15 is 0 Å². The van der Waals surface area contributed by atoms with Crippen molar-refractivity contribution in [3.8, 4) is 6.07 Å². The number of hydrogen-bond donors (Lipinski definition) is 0. The van der Waals surface area contributed by atoms with E-state index < -0.39 is 12.1 Å². The maximum absolute atomic E-state index is 12.7. The number of fused-ring (bicyclic) bond motifs is 1. The molecule has 1 heterocycles. The Bertz CT molecular complexity index is 635. The van der Waals surface area contributed by atoms with Gasteiger partial charge in [0.25, 0.3) is 6.43 Å². The van der Waals surface area contributed by atoms with Crippen molar-refractivity contribution in [3.05, 3.63) is 39.5 Å². The molecule has 2 nitrogen and oxygen atoms in total. The number of alkyl halides is 2. The second-order valence-corrected chi connectivity index (χ2v) is 4.07. The van der Waals surface area contributed by atoms with Crippen molar-refractivity contribution in [1.82, 2.24) is 4.98 Å². The molecule has 2 rings (SSSR count). The molecule has 1 aromatic heterocycles. The van der Waals surface area contributed by atoms with Gasteiger partial charge in [0.05, 0.1) is 16.1 Å². The number of pyridine rings is 1. The maximum atomic E-state index is 12.7. The summed E-state index contributed by atoms with van der Waals surface area (Å²) >= 11 is 11.7. The summed E-state index contributed by atoms with van der Waals surface area (Å²) in [7, 11) is 0. The average molecular weight is 273 g/mol. The molecule has 0 aliphatic heterocycles. The van der Waals surface area contributed by atoms with Crippen LogP contribution in [0.15, 0.2) is 18.2 Å². The van der Waals surface area contributed by atoms with Crippen LogP contribution in [0.1, 0.15) is 17.7 Å². The second-order valence-electron chi connectivity index (χ2n) is 3.26. The van der Waals surface area contributed by atoms with E-state index in [1.54, 1.807) is 6.07 Å². The van der Waals surface area contributed by atoms with Crippen LogP contribution in [-0.4, -0.2) is 4.98 Å². The fraction of sp³-hybridized carbons (Fsp3) is 0.0909. The second kappa shape index (κ2) is 4.44. The molecule has 6 heteroatoms. The highest BCUT2D eigenvalue weighted by Crippen LogP contribution is 2.33. The van der Waals surface area contributed by atoms with Crippen LogP contribution in [0.5, 0.6) is 0 Å². The van der Waals surface area contributed by atoms with Crippen molar-refractivity contribution < 1.29 is 8.78 Å². The molecule has 0 aliphatic rings. The zero-order valence-corrected chi connectivity index (χ0v) is 9.73. The Balaban J connectivity index is 2.89. The van der Waals surface area contributed by atoms with Crippen LogP contribution < -0.4 is 0 Å². The fourth-order valence-electron chi connectivity index (χ4n) is 1.48. The Kier molecular flexibility index (Phi) is 3.14. The molecule has 0 unspecified atom stereocenters. The Labute approximate surface area is 105 Å². The van der Waals surface area contributed by atoms with E-state index in [1.165, 1.54) is 18.2 Å². The van der Waals surface area contributed by atoms with Gasteiger partial charge in [-0.05, 0) is 18.2 Å². The predicted molar refractivity (Wildman–Crippen MR) is 61.4 cm³/mol. The SMILES string of the molecule is N#Cc1c(C(F)F)nc2ccc(Cl)cc2c1Cl. The van der Waals surface area contributed by atoms with Crippen LogP contribution in [0.2, 0.25) is 10.0 Å². The first-order chi connectivity index (χ1) is 8.04. The van der Waals surface area contributed by atoms with E-state index in [0.29, 0.717) is 10.4 Å². The minimum absolute atomic E-state index is 0.0460. The van der Waals surface area contributed by atoms with Crippen molar-refractivity contribution >= 4 is 34.1 Å². The van der Waals surface area contributed by atoms with Gasteiger partial charge in [0.2, 0.25) is 0 Å². The lowest BCUT2D eigenvalue weighted by Gasteiger charge is -2.07. The van der Waals surface area contributed by atoms with Crippen molar-refractivity contribution in [2.24, 2.45) is 0 Å². The highest BCUT2D eigenvalue weighted by Gasteiger charge is 2.20. The third-order valence-electron chi connectivity index (χ3n) is 2.23. The Morgan fingerprint density at radius 3 is 2.59 bits per heavy atom. The molecule has 0 aliphatic carbocycles. The van der Waals surface area contributed by atoms with E-state index in [9.17, 15) is 8.78 Å². The summed E-state index contributed by atoms with van der Waals surface area (Å²) in [5.74, 6) is 0. The van der Waals surface area contributed by atoms with Crippen LogP contribution in [0.25, 0.3) is 10.9 Å². The third-order valence-corrected chi connectivity index (χ3v) is 2.86. The highest BCUT2D eigenvalue weighted by atomic mass is 35.5. The van der Waals surface area contributed by atoms with Crippen molar-refractivity contribution in [1.29, 1.82) is 5.26 Å². The number of nitriles is 1. The maximum Gasteiger partial charge on any atom is 0.281 e. The summed E-state index contributed by atoms with van der Waals surface area (Å²) in [6.45, 7) is 0. The minimum Gasteiger partial charge on any atom is -0.245 e. The molecule has 0 radical (unpaired) electrons. The summed E-state index contributed by atoms with van der Waals surface area (Å²) in [6.07, 6.45) is -2.85. The van der Waals surface area contributed by atoms with Crippen LogP contribution in [0, 0.1) is 11.3 Å². The van der Waals surface area contributed by atoms with Gasteiger partial charge >= 0.3 is 0 Å². The third kappa shape index (κ3) is 2.04. The zero-order valence-electron chi connectivity index (χ0n) is 8.22. The average Bonchev–Trinajstić information content (AvgIpc) is 2.29. The Morgan fingerprint density at radius 1 is 1.29 bits per heavy atom. The van der Waals surface area contributed by atoms with E-state index in [-0.39, 0.29) is 16.1 Å². The lowest BCUT2D eigenvalue weighted by Crippen LogP contribution is -1.97. The monoisotopic (exact) mass is 272 g/mol. The van der Waals surface area contributed by atoms with E-state index in [1.807, 2.05) is 0 Å². The predicted octanol–water partition coefficient (Wildman–Crippen LogP) is 4.35. The normalized spacial score (nSPS) is 10.8. The van der Waals surface area contributed by atoms with Crippen molar-refractivity contribution in [2.45, 2.75) is 6.43 Å². The largest absolute Gasteiger partial charge is 0.281 e. The molecule has 0 spiro atoms. The molecular weight excluding hydrogens is 269 g/mol. The smallest absolute Gasteiger partial charge is 0.245 e. The summed E-state index contributed by atoms with van der Waals surface area (Å²) in [5.41, 5.74) is -0.627. The summed E-state index contributed by atoms with van der Waals surface area (Å²) in [4.78, 5) is 3.73. The first-order valence-electron chi connectivity index (χ1n) is 4.51. The molecule has 1 aromatic carbocycles. The first kappa shape index (κ1) is 12.0. The molecule has 0 amide bonds. The Hall–Kier alpha value is -1.44. The zero-order chi connectivity index (χ0) is 12.6. The van der Waals surface area contributed by atoms with E-state index in [4.69, 9.17) is 28.5 Å². The molecule has 17 heavy (non-hydrogen) atoms. The number of halogens is 4. The van der Waals surface area contributed by atoms with E-state index in [0.717, 1.165) is 0 Å². The van der Waals surface area contributed by atoms with Crippen molar-refractivity contribution in [2.75, 3.05) is 0 Å². The molecule has 0 atom stereocenters. The number of aromatic nitrogens is 1. The number of nitrogens with zero attached hydrogens (tertiary/aromatic N) is 2. The number of benzene rings is 1. The van der Waals surface area contributed by atoms with Gasteiger partial charge < -0.3 is 0 Å². The van der Waals surface area contributed by atoms with Crippen LogP contribution in [-0.2, 0) is 0 Å². The van der Waals surface area contributed by atoms with Gasteiger partial charge in [0, 0.05) is 10.4 Å². The van der Waals surface area contributed by atoms with Gasteiger partial charge in [0.15, 0.2) is 0 Å².